The monoisotopic (exact) mass is 361 g/mol. The van der Waals surface area contributed by atoms with Crippen molar-refractivity contribution >= 4 is 24.1 Å². The molecule has 1 aliphatic heterocycles. The van der Waals surface area contributed by atoms with Crippen LogP contribution in [0.2, 0.25) is 0 Å². The fraction of sp³-hybridized carbons (Fsp3) is 0.316. The highest BCUT2D eigenvalue weighted by molar-refractivity contribution is 5.94. The van der Waals surface area contributed by atoms with Crippen LogP contribution in [-0.2, 0) is 0 Å². The first kappa shape index (κ1) is 19.1. The Morgan fingerprint density at radius 3 is 2.80 bits per heavy atom. The third-order valence-electron chi connectivity index (χ3n) is 4.29. The summed E-state index contributed by atoms with van der Waals surface area (Å²) in [5, 5.41) is 3.03. The summed E-state index contributed by atoms with van der Waals surface area (Å²) in [4.78, 5) is 14.3. The number of hydrogen-bond acceptors (Lipinski definition) is 3. The second-order valence-corrected chi connectivity index (χ2v) is 6.06. The number of amides is 2. The first-order valence-corrected chi connectivity index (χ1v) is 8.22. The lowest BCUT2D eigenvalue weighted by atomic mass is 10.0. The second kappa shape index (κ2) is 8.74. The van der Waals surface area contributed by atoms with Crippen molar-refractivity contribution < 1.29 is 9.53 Å². The fourth-order valence-electron chi connectivity index (χ4n) is 3.02. The van der Waals surface area contributed by atoms with E-state index in [4.69, 9.17) is 10.5 Å². The van der Waals surface area contributed by atoms with Crippen LogP contribution in [0, 0.1) is 0 Å². The zero-order valence-electron chi connectivity index (χ0n) is 14.3. The Bertz CT molecular complexity index is 723. The minimum atomic E-state index is -0.0968. The van der Waals surface area contributed by atoms with E-state index in [-0.39, 0.29) is 24.5 Å². The predicted molar refractivity (Wildman–Crippen MR) is 103 cm³/mol. The number of methoxy groups -OCH3 is 1. The molecule has 1 fully saturated rings. The lowest BCUT2D eigenvalue weighted by Gasteiger charge is -2.31. The van der Waals surface area contributed by atoms with Gasteiger partial charge in [-0.25, -0.2) is 4.79 Å². The molecule has 2 aromatic rings. The molecule has 0 aliphatic carbocycles. The van der Waals surface area contributed by atoms with Gasteiger partial charge in [-0.2, -0.15) is 0 Å². The summed E-state index contributed by atoms with van der Waals surface area (Å²) in [6.07, 6.45) is 1.93. The Morgan fingerprint density at radius 2 is 2.04 bits per heavy atom. The number of nitrogens with zero attached hydrogens (tertiary/aromatic N) is 1. The number of halogens is 1. The summed E-state index contributed by atoms with van der Waals surface area (Å²) < 4.78 is 5.29. The largest absolute Gasteiger partial charge is 0.497 e. The molecule has 0 spiro atoms. The van der Waals surface area contributed by atoms with E-state index in [0.717, 1.165) is 42.0 Å². The molecular formula is C19H24ClN3O2. The van der Waals surface area contributed by atoms with Gasteiger partial charge in [-0.05, 0) is 36.6 Å². The average molecular weight is 362 g/mol. The van der Waals surface area contributed by atoms with Gasteiger partial charge in [0.25, 0.3) is 0 Å². The standard InChI is InChI=1S/C19H23N3O2.ClH/c1-24-16-8-4-6-14(12-16)17-9-2-3-10-18(17)21-19(23)22-11-5-7-15(20)13-22;/h2-4,6,8-10,12,15H,5,7,11,13,20H2,1H3,(H,21,23);1H. The van der Waals surface area contributed by atoms with E-state index in [2.05, 4.69) is 5.32 Å². The maximum absolute atomic E-state index is 12.6. The summed E-state index contributed by atoms with van der Waals surface area (Å²) >= 11 is 0. The number of nitrogens with two attached hydrogens (primary N) is 1. The highest BCUT2D eigenvalue weighted by atomic mass is 35.5. The quantitative estimate of drug-likeness (QED) is 0.875. The summed E-state index contributed by atoms with van der Waals surface area (Å²) in [7, 11) is 1.65. The number of likely N-dealkylation sites (tertiary alicyclic amines) is 1. The molecule has 25 heavy (non-hydrogen) atoms. The van der Waals surface area contributed by atoms with Crippen LogP contribution in [0.25, 0.3) is 11.1 Å². The van der Waals surface area contributed by atoms with Gasteiger partial charge in [0.05, 0.1) is 12.8 Å². The van der Waals surface area contributed by atoms with Crippen molar-refractivity contribution in [1.82, 2.24) is 4.90 Å². The molecule has 0 saturated carbocycles. The fourth-order valence-corrected chi connectivity index (χ4v) is 3.02. The lowest BCUT2D eigenvalue weighted by molar-refractivity contribution is 0.193. The first-order valence-electron chi connectivity index (χ1n) is 8.22. The van der Waals surface area contributed by atoms with Gasteiger partial charge in [0.1, 0.15) is 5.75 Å². The molecule has 0 bridgehead atoms. The Hall–Kier alpha value is -2.24. The number of ether oxygens (including phenoxy) is 1. The number of para-hydroxylation sites is 1. The molecule has 1 heterocycles. The Balaban J connectivity index is 0.00000225. The molecule has 1 aliphatic rings. The number of rotatable bonds is 3. The van der Waals surface area contributed by atoms with Gasteiger partial charge in [0.15, 0.2) is 0 Å². The van der Waals surface area contributed by atoms with E-state index in [0.29, 0.717) is 6.54 Å². The molecular weight excluding hydrogens is 338 g/mol. The molecule has 134 valence electrons. The van der Waals surface area contributed by atoms with Gasteiger partial charge in [-0.3, -0.25) is 0 Å². The number of anilines is 1. The summed E-state index contributed by atoms with van der Waals surface area (Å²) in [6.45, 7) is 1.36. The normalized spacial score (nSPS) is 16.7. The summed E-state index contributed by atoms with van der Waals surface area (Å²) in [5.74, 6) is 0.788. The SMILES string of the molecule is COc1cccc(-c2ccccc2NC(=O)N2CCCC(N)C2)c1.Cl. The van der Waals surface area contributed by atoms with Crippen molar-refractivity contribution in [3.05, 3.63) is 48.5 Å². The van der Waals surface area contributed by atoms with Crippen molar-refractivity contribution in [2.75, 3.05) is 25.5 Å². The number of carbonyl (C=O) groups is 1. The van der Waals surface area contributed by atoms with Crippen molar-refractivity contribution in [1.29, 1.82) is 0 Å². The smallest absolute Gasteiger partial charge is 0.321 e. The van der Waals surface area contributed by atoms with Crippen LogP contribution in [0.3, 0.4) is 0 Å². The van der Waals surface area contributed by atoms with E-state index >= 15 is 0 Å². The molecule has 1 atom stereocenters. The van der Waals surface area contributed by atoms with Crippen LogP contribution >= 0.6 is 12.4 Å². The molecule has 0 radical (unpaired) electrons. The van der Waals surface area contributed by atoms with Crippen LogP contribution in [-0.4, -0.2) is 37.2 Å². The van der Waals surface area contributed by atoms with Crippen LogP contribution in [0.15, 0.2) is 48.5 Å². The van der Waals surface area contributed by atoms with Crippen LogP contribution in [0.1, 0.15) is 12.8 Å². The van der Waals surface area contributed by atoms with Gasteiger partial charge in [0, 0.05) is 24.7 Å². The number of benzene rings is 2. The van der Waals surface area contributed by atoms with Gasteiger partial charge >= 0.3 is 6.03 Å². The Morgan fingerprint density at radius 1 is 1.24 bits per heavy atom. The Kier molecular flexibility index (Phi) is 6.67. The molecule has 5 nitrogen and oxygen atoms in total. The highest BCUT2D eigenvalue weighted by Gasteiger charge is 2.21. The third kappa shape index (κ3) is 4.65. The third-order valence-corrected chi connectivity index (χ3v) is 4.29. The van der Waals surface area contributed by atoms with Crippen molar-refractivity contribution in [3.8, 4) is 16.9 Å². The summed E-state index contributed by atoms with van der Waals surface area (Å²) in [6, 6.07) is 15.6. The molecule has 2 amide bonds. The van der Waals surface area contributed by atoms with Crippen LogP contribution in [0.5, 0.6) is 5.75 Å². The number of carbonyl (C=O) groups excluding carboxylic acids is 1. The van der Waals surface area contributed by atoms with Crippen LogP contribution in [0.4, 0.5) is 10.5 Å². The van der Waals surface area contributed by atoms with Crippen molar-refractivity contribution in [2.45, 2.75) is 18.9 Å². The maximum atomic E-state index is 12.6. The lowest BCUT2D eigenvalue weighted by Crippen LogP contribution is -2.47. The molecule has 6 heteroatoms. The topological polar surface area (TPSA) is 67.6 Å². The van der Waals surface area contributed by atoms with E-state index in [1.165, 1.54) is 0 Å². The second-order valence-electron chi connectivity index (χ2n) is 6.06. The van der Waals surface area contributed by atoms with E-state index < -0.39 is 0 Å². The zero-order chi connectivity index (χ0) is 16.9. The molecule has 0 aromatic heterocycles. The molecule has 1 unspecified atom stereocenters. The minimum absolute atomic E-state index is 0. The van der Waals surface area contributed by atoms with Crippen LogP contribution < -0.4 is 15.8 Å². The van der Waals surface area contributed by atoms with Gasteiger partial charge < -0.3 is 20.7 Å². The number of nitrogens with one attached hydrogen (secondary N) is 1. The maximum Gasteiger partial charge on any atom is 0.321 e. The molecule has 1 saturated heterocycles. The van der Waals surface area contributed by atoms with E-state index in [9.17, 15) is 4.79 Å². The minimum Gasteiger partial charge on any atom is -0.497 e. The number of hydrogen-bond donors (Lipinski definition) is 2. The summed E-state index contributed by atoms with van der Waals surface area (Å²) in [5.41, 5.74) is 8.73. The Labute approximate surface area is 154 Å². The van der Waals surface area contributed by atoms with Gasteiger partial charge in [-0.15, -0.1) is 12.4 Å². The number of piperidine rings is 1. The molecule has 3 N–H and O–H groups in total. The zero-order valence-corrected chi connectivity index (χ0v) is 15.1. The van der Waals surface area contributed by atoms with Gasteiger partial charge in [-0.1, -0.05) is 30.3 Å². The first-order chi connectivity index (χ1) is 11.7. The number of urea groups is 1. The predicted octanol–water partition coefficient (Wildman–Crippen LogP) is 3.74. The van der Waals surface area contributed by atoms with E-state index in [1.807, 2.05) is 48.5 Å². The highest BCUT2D eigenvalue weighted by Crippen LogP contribution is 2.30. The van der Waals surface area contributed by atoms with Crippen molar-refractivity contribution in [2.24, 2.45) is 5.73 Å². The average Bonchev–Trinajstić information content (AvgIpc) is 2.62. The van der Waals surface area contributed by atoms with E-state index in [1.54, 1.807) is 12.0 Å². The molecule has 3 rings (SSSR count). The molecule has 2 aromatic carbocycles. The van der Waals surface area contributed by atoms with Crippen molar-refractivity contribution in [3.63, 3.8) is 0 Å². The van der Waals surface area contributed by atoms with Gasteiger partial charge in [0.2, 0.25) is 0 Å².